The molecule has 0 heterocycles. The number of urea groups is 1. The van der Waals surface area contributed by atoms with Crippen LogP contribution in [0.5, 0.6) is 0 Å². The first-order valence-corrected chi connectivity index (χ1v) is 6.95. The van der Waals surface area contributed by atoms with E-state index in [4.69, 9.17) is 5.11 Å². The number of nitrogens with zero attached hydrogens (tertiary/aromatic N) is 1. The van der Waals surface area contributed by atoms with Crippen molar-refractivity contribution >= 4 is 11.7 Å². The molecule has 0 aliphatic carbocycles. The highest BCUT2D eigenvalue weighted by Crippen LogP contribution is 2.16. The van der Waals surface area contributed by atoms with Crippen LogP contribution in [0.25, 0.3) is 0 Å². The molecule has 5 heteroatoms. The van der Waals surface area contributed by atoms with Gasteiger partial charge in [-0.05, 0) is 45.5 Å². The lowest BCUT2D eigenvalue weighted by molar-refractivity contribution is 0.172. The summed E-state index contributed by atoms with van der Waals surface area (Å²) in [5, 5.41) is 15.0. The average molecular weight is 279 g/mol. The van der Waals surface area contributed by atoms with E-state index in [1.54, 1.807) is 4.90 Å². The molecule has 0 bridgehead atoms. The van der Waals surface area contributed by atoms with E-state index in [0.717, 1.165) is 5.69 Å². The fourth-order valence-corrected chi connectivity index (χ4v) is 1.92. The Balaban J connectivity index is 2.70. The van der Waals surface area contributed by atoms with Crippen molar-refractivity contribution in [3.8, 4) is 0 Å². The van der Waals surface area contributed by atoms with Crippen LogP contribution >= 0.6 is 0 Å². The maximum Gasteiger partial charge on any atom is 0.322 e. The molecule has 1 rings (SSSR count). The van der Waals surface area contributed by atoms with E-state index < -0.39 is 0 Å². The van der Waals surface area contributed by atoms with Crippen molar-refractivity contribution in [3.05, 3.63) is 29.8 Å². The Morgan fingerprint density at radius 3 is 2.30 bits per heavy atom. The first kappa shape index (κ1) is 16.5. The van der Waals surface area contributed by atoms with Gasteiger partial charge in [-0.2, -0.15) is 0 Å². The summed E-state index contributed by atoms with van der Waals surface area (Å²) in [6.07, 6.45) is 0. The number of amides is 2. The molecule has 0 aliphatic heterocycles. The van der Waals surface area contributed by atoms with Crippen LogP contribution in [-0.4, -0.2) is 42.3 Å². The van der Waals surface area contributed by atoms with Crippen LogP contribution < -0.4 is 10.6 Å². The van der Waals surface area contributed by atoms with Gasteiger partial charge >= 0.3 is 6.03 Å². The van der Waals surface area contributed by atoms with E-state index in [1.807, 2.05) is 45.2 Å². The van der Waals surface area contributed by atoms with Gasteiger partial charge in [-0.1, -0.05) is 12.1 Å². The van der Waals surface area contributed by atoms with E-state index in [0.29, 0.717) is 6.54 Å². The number of hydrogen-bond donors (Lipinski definition) is 3. The van der Waals surface area contributed by atoms with E-state index >= 15 is 0 Å². The summed E-state index contributed by atoms with van der Waals surface area (Å²) in [5.41, 5.74) is 1.92. The molecule has 0 saturated carbocycles. The number of benzene rings is 1. The molecule has 1 atom stereocenters. The average Bonchev–Trinajstić information content (AvgIpc) is 2.44. The Hall–Kier alpha value is -1.59. The fourth-order valence-electron chi connectivity index (χ4n) is 1.92. The second kappa shape index (κ2) is 7.87. The molecular weight excluding hydrogens is 254 g/mol. The lowest BCUT2D eigenvalue weighted by Gasteiger charge is -2.26. The molecule has 0 fully saturated rings. The topological polar surface area (TPSA) is 64.6 Å². The third kappa shape index (κ3) is 4.51. The highest BCUT2D eigenvalue weighted by atomic mass is 16.3. The van der Waals surface area contributed by atoms with Gasteiger partial charge in [0.2, 0.25) is 0 Å². The number of aliphatic hydroxyl groups is 1. The largest absolute Gasteiger partial charge is 0.395 e. The van der Waals surface area contributed by atoms with Crippen molar-refractivity contribution < 1.29 is 9.90 Å². The predicted molar refractivity (Wildman–Crippen MR) is 81.9 cm³/mol. The first-order chi connectivity index (χ1) is 9.49. The van der Waals surface area contributed by atoms with Gasteiger partial charge in [-0.3, -0.25) is 0 Å². The second-order valence-corrected chi connectivity index (χ2v) is 5.07. The van der Waals surface area contributed by atoms with Crippen molar-refractivity contribution in [3.63, 3.8) is 0 Å². The van der Waals surface area contributed by atoms with Gasteiger partial charge < -0.3 is 20.6 Å². The molecule has 1 aromatic carbocycles. The molecule has 3 N–H and O–H groups in total. The van der Waals surface area contributed by atoms with Gasteiger partial charge in [0, 0.05) is 24.3 Å². The molecule has 2 amide bonds. The molecule has 0 saturated heterocycles. The van der Waals surface area contributed by atoms with E-state index in [9.17, 15) is 4.79 Å². The summed E-state index contributed by atoms with van der Waals surface area (Å²) in [6.45, 7) is 6.22. The molecule has 1 aromatic rings. The van der Waals surface area contributed by atoms with E-state index in [1.165, 1.54) is 5.56 Å². The summed E-state index contributed by atoms with van der Waals surface area (Å²) < 4.78 is 0. The van der Waals surface area contributed by atoms with E-state index in [-0.39, 0.29) is 24.7 Å². The molecule has 0 aromatic heterocycles. The van der Waals surface area contributed by atoms with Gasteiger partial charge in [-0.25, -0.2) is 4.79 Å². The monoisotopic (exact) mass is 279 g/mol. The highest BCUT2D eigenvalue weighted by Gasteiger charge is 2.16. The molecule has 5 nitrogen and oxygen atoms in total. The Morgan fingerprint density at radius 2 is 1.85 bits per heavy atom. The molecule has 0 radical (unpaired) electrons. The summed E-state index contributed by atoms with van der Waals surface area (Å²) in [4.78, 5) is 13.7. The number of anilines is 1. The minimum atomic E-state index is -0.191. The smallest absolute Gasteiger partial charge is 0.322 e. The third-order valence-electron chi connectivity index (χ3n) is 3.32. The molecular formula is C15H25N3O2. The molecule has 20 heavy (non-hydrogen) atoms. The maximum atomic E-state index is 12.1. The van der Waals surface area contributed by atoms with Crippen LogP contribution in [-0.2, 0) is 0 Å². The normalized spacial score (nSPS) is 12.3. The van der Waals surface area contributed by atoms with Crippen LogP contribution in [0.3, 0.4) is 0 Å². The predicted octanol–water partition coefficient (Wildman–Crippen LogP) is 2.20. The number of nitrogens with one attached hydrogen (secondary N) is 2. The van der Waals surface area contributed by atoms with Gasteiger partial charge in [-0.15, -0.1) is 0 Å². The van der Waals surface area contributed by atoms with E-state index in [2.05, 4.69) is 17.6 Å². The summed E-state index contributed by atoms with van der Waals surface area (Å²) in [5.74, 6) is 0. The number of carbonyl (C=O) groups is 1. The van der Waals surface area contributed by atoms with Crippen molar-refractivity contribution in [1.82, 2.24) is 10.2 Å². The van der Waals surface area contributed by atoms with Crippen LogP contribution in [0, 0.1) is 0 Å². The Morgan fingerprint density at radius 1 is 1.25 bits per heavy atom. The number of rotatable bonds is 6. The van der Waals surface area contributed by atoms with Gasteiger partial charge in [0.15, 0.2) is 0 Å². The zero-order chi connectivity index (χ0) is 15.1. The van der Waals surface area contributed by atoms with Gasteiger partial charge in [0.1, 0.15) is 0 Å². The van der Waals surface area contributed by atoms with Gasteiger partial charge in [0.25, 0.3) is 0 Å². The van der Waals surface area contributed by atoms with Crippen molar-refractivity contribution in [2.24, 2.45) is 0 Å². The second-order valence-electron chi connectivity index (χ2n) is 5.07. The first-order valence-electron chi connectivity index (χ1n) is 6.95. The zero-order valence-corrected chi connectivity index (χ0v) is 12.7. The minimum absolute atomic E-state index is 0.0375. The van der Waals surface area contributed by atoms with Crippen LogP contribution in [0.4, 0.5) is 10.5 Å². The summed E-state index contributed by atoms with van der Waals surface area (Å²) in [6, 6.07) is 7.89. The SMILES string of the molecule is CNC(C)c1ccc(NC(=O)N(CCO)C(C)C)cc1. The Bertz CT molecular complexity index is 418. The number of carbonyl (C=O) groups excluding carboxylic acids is 1. The minimum Gasteiger partial charge on any atom is -0.395 e. The van der Waals surface area contributed by atoms with Gasteiger partial charge in [0.05, 0.1) is 6.61 Å². The van der Waals surface area contributed by atoms with Crippen molar-refractivity contribution in [2.45, 2.75) is 32.9 Å². The summed E-state index contributed by atoms with van der Waals surface area (Å²) in [7, 11) is 1.91. The molecule has 112 valence electrons. The van der Waals surface area contributed by atoms with Crippen molar-refractivity contribution in [2.75, 3.05) is 25.5 Å². The lowest BCUT2D eigenvalue weighted by Crippen LogP contribution is -2.41. The number of hydrogen-bond acceptors (Lipinski definition) is 3. The highest BCUT2D eigenvalue weighted by molar-refractivity contribution is 5.89. The molecule has 0 aliphatic rings. The summed E-state index contributed by atoms with van der Waals surface area (Å²) >= 11 is 0. The van der Waals surface area contributed by atoms with Crippen LogP contribution in [0.15, 0.2) is 24.3 Å². The molecule has 1 unspecified atom stereocenters. The number of aliphatic hydroxyl groups excluding tert-OH is 1. The lowest BCUT2D eigenvalue weighted by atomic mass is 10.1. The standard InChI is InChI=1S/C15H25N3O2/c1-11(2)18(9-10-19)15(20)17-14-7-5-13(6-8-14)12(3)16-4/h5-8,11-12,16,19H,9-10H2,1-4H3,(H,17,20). The maximum absolute atomic E-state index is 12.1. The Labute approximate surface area is 121 Å². The Kier molecular flexibility index (Phi) is 6.48. The fraction of sp³-hybridized carbons (Fsp3) is 0.533. The quantitative estimate of drug-likeness (QED) is 0.748. The van der Waals surface area contributed by atoms with Crippen LogP contribution in [0.1, 0.15) is 32.4 Å². The molecule has 0 spiro atoms. The third-order valence-corrected chi connectivity index (χ3v) is 3.32. The van der Waals surface area contributed by atoms with Crippen LogP contribution in [0.2, 0.25) is 0 Å². The zero-order valence-electron chi connectivity index (χ0n) is 12.7. The van der Waals surface area contributed by atoms with Crippen molar-refractivity contribution in [1.29, 1.82) is 0 Å².